The molecule has 25 heavy (non-hydrogen) atoms. The van der Waals surface area contributed by atoms with Crippen LogP contribution in [0.25, 0.3) is 16.6 Å². The van der Waals surface area contributed by atoms with Gasteiger partial charge in [-0.2, -0.15) is 0 Å². The molecule has 130 valence electrons. The van der Waals surface area contributed by atoms with Gasteiger partial charge in [-0.15, -0.1) is 0 Å². The van der Waals surface area contributed by atoms with Crippen molar-refractivity contribution in [2.24, 2.45) is 0 Å². The highest BCUT2D eigenvalue weighted by atomic mass is 16.1. The van der Waals surface area contributed by atoms with E-state index in [1.807, 2.05) is 30.3 Å². The van der Waals surface area contributed by atoms with Crippen LogP contribution in [0, 0.1) is 13.8 Å². The van der Waals surface area contributed by atoms with Crippen molar-refractivity contribution in [2.45, 2.75) is 40.2 Å². The summed E-state index contributed by atoms with van der Waals surface area (Å²) in [7, 11) is 0. The average molecular weight is 335 g/mol. The van der Waals surface area contributed by atoms with Gasteiger partial charge in [0, 0.05) is 0 Å². The summed E-state index contributed by atoms with van der Waals surface area (Å²) in [6.45, 7) is 9.16. The van der Waals surface area contributed by atoms with Crippen molar-refractivity contribution in [3.05, 3.63) is 69.8 Å². The number of aryl methyl sites for hydroxylation is 2. The van der Waals surface area contributed by atoms with E-state index in [0.29, 0.717) is 5.39 Å². The Balaban J connectivity index is 2.35. The topological polar surface area (TPSA) is 46.9 Å². The second-order valence-corrected chi connectivity index (χ2v) is 6.41. The monoisotopic (exact) mass is 335 g/mol. The molecule has 3 aromatic rings. The van der Waals surface area contributed by atoms with Gasteiger partial charge in [0.15, 0.2) is 0 Å². The number of fused-ring (bicyclic) bond motifs is 1. The van der Waals surface area contributed by atoms with Crippen molar-refractivity contribution in [1.29, 1.82) is 0 Å². The first-order chi connectivity index (χ1) is 12.1. The number of nitrogens with one attached hydrogen (secondary N) is 1. The van der Waals surface area contributed by atoms with Crippen molar-refractivity contribution in [3.8, 4) is 5.69 Å². The minimum Gasteiger partial charge on any atom is -0.308 e. The van der Waals surface area contributed by atoms with E-state index in [2.05, 4.69) is 45.1 Å². The normalized spacial score (nSPS) is 12.5. The van der Waals surface area contributed by atoms with Gasteiger partial charge in [-0.05, 0) is 62.2 Å². The molecule has 1 heterocycles. The number of benzene rings is 2. The number of para-hydroxylation sites is 1. The van der Waals surface area contributed by atoms with Crippen LogP contribution >= 0.6 is 0 Å². The summed E-state index contributed by atoms with van der Waals surface area (Å²) >= 11 is 0. The molecule has 0 aliphatic carbocycles. The summed E-state index contributed by atoms with van der Waals surface area (Å²) < 4.78 is 1.77. The second-order valence-electron chi connectivity index (χ2n) is 6.41. The number of rotatable bonds is 5. The number of hydrogen-bond donors (Lipinski definition) is 1. The second kappa shape index (κ2) is 7.19. The maximum Gasteiger partial charge on any atom is 0.266 e. The fraction of sp³-hybridized carbons (Fsp3) is 0.333. The van der Waals surface area contributed by atoms with E-state index in [4.69, 9.17) is 4.98 Å². The Labute approximate surface area is 148 Å². The minimum absolute atomic E-state index is 0.0137. The highest BCUT2D eigenvalue weighted by Gasteiger charge is 2.19. The standard InChI is InChI=1S/C21H25N3O/c1-5-18(22-6-2)20-23-19-10-8-7-9-17(19)21(25)24(20)16-12-11-14(3)15(4)13-16/h7-13,18,22H,5-6H2,1-4H3. The van der Waals surface area contributed by atoms with Crippen LogP contribution in [0.5, 0.6) is 0 Å². The lowest BCUT2D eigenvalue weighted by Gasteiger charge is -2.21. The number of hydrogen-bond acceptors (Lipinski definition) is 3. The predicted molar refractivity (Wildman–Crippen MR) is 104 cm³/mol. The molecule has 0 saturated carbocycles. The SMILES string of the molecule is CCNC(CC)c1nc2ccccc2c(=O)n1-c1ccc(C)c(C)c1. The molecule has 0 aliphatic rings. The van der Waals surface area contributed by atoms with E-state index in [9.17, 15) is 4.79 Å². The van der Waals surface area contributed by atoms with Crippen LogP contribution in [0.1, 0.15) is 43.3 Å². The lowest BCUT2D eigenvalue weighted by molar-refractivity contribution is 0.498. The van der Waals surface area contributed by atoms with Crippen molar-refractivity contribution in [2.75, 3.05) is 6.54 Å². The summed E-state index contributed by atoms with van der Waals surface area (Å²) in [4.78, 5) is 18.1. The zero-order valence-corrected chi connectivity index (χ0v) is 15.3. The van der Waals surface area contributed by atoms with Gasteiger partial charge in [-0.3, -0.25) is 9.36 Å². The summed E-state index contributed by atoms with van der Waals surface area (Å²) in [6.07, 6.45) is 0.865. The summed E-state index contributed by atoms with van der Waals surface area (Å²) in [5.41, 5.74) is 3.99. The van der Waals surface area contributed by atoms with Gasteiger partial charge in [0.25, 0.3) is 5.56 Å². The van der Waals surface area contributed by atoms with E-state index >= 15 is 0 Å². The molecule has 0 bridgehead atoms. The smallest absolute Gasteiger partial charge is 0.266 e. The maximum atomic E-state index is 13.3. The molecule has 0 aliphatic heterocycles. The van der Waals surface area contributed by atoms with Crippen molar-refractivity contribution < 1.29 is 0 Å². The first-order valence-corrected chi connectivity index (χ1v) is 8.89. The fourth-order valence-electron chi connectivity index (χ4n) is 3.16. The average Bonchev–Trinajstić information content (AvgIpc) is 2.62. The third kappa shape index (κ3) is 3.22. The number of aromatic nitrogens is 2. The lowest BCUT2D eigenvalue weighted by Crippen LogP contribution is -2.31. The first-order valence-electron chi connectivity index (χ1n) is 8.89. The third-order valence-corrected chi connectivity index (χ3v) is 4.72. The maximum absolute atomic E-state index is 13.3. The Morgan fingerprint density at radius 3 is 2.52 bits per heavy atom. The molecule has 1 N–H and O–H groups in total. The zero-order chi connectivity index (χ0) is 18.0. The Morgan fingerprint density at radius 1 is 1.08 bits per heavy atom. The van der Waals surface area contributed by atoms with Gasteiger partial charge >= 0.3 is 0 Å². The summed E-state index contributed by atoms with van der Waals surface area (Å²) in [5.74, 6) is 0.774. The molecule has 0 saturated heterocycles. The zero-order valence-electron chi connectivity index (χ0n) is 15.3. The van der Waals surface area contributed by atoms with Gasteiger partial charge < -0.3 is 5.32 Å². The van der Waals surface area contributed by atoms with E-state index < -0.39 is 0 Å². The largest absolute Gasteiger partial charge is 0.308 e. The molecule has 3 rings (SSSR count). The van der Waals surface area contributed by atoms with Gasteiger partial charge in [-0.25, -0.2) is 4.98 Å². The van der Waals surface area contributed by atoms with Crippen LogP contribution in [0.2, 0.25) is 0 Å². The highest BCUT2D eigenvalue weighted by Crippen LogP contribution is 2.21. The molecule has 0 fully saturated rings. The molecule has 1 unspecified atom stereocenters. The quantitative estimate of drug-likeness (QED) is 0.765. The third-order valence-electron chi connectivity index (χ3n) is 4.72. The Morgan fingerprint density at radius 2 is 1.84 bits per heavy atom. The fourth-order valence-corrected chi connectivity index (χ4v) is 3.16. The summed E-state index contributed by atoms with van der Waals surface area (Å²) in [5, 5.41) is 4.10. The van der Waals surface area contributed by atoms with Gasteiger partial charge in [0.1, 0.15) is 5.82 Å². The van der Waals surface area contributed by atoms with Crippen LogP contribution in [-0.4, -0.2) is 16.1 Å². The van der Waals surface area contributed by atoms with Gasteiger partial charge in [0.2, 0.25) is 0 Å². The van der Waals surface area contributed by atoms with Crippen molar-refractivity contribution >= 4 is 10.9 Å². The van der Waals surface area contributed by atoms with Crippen molar-refractivity contribution in [1.82, 2.24) is 14.9 Å². The molecule has 1 atom stereocenters. The molecule has 0 amide bonds. The van der Waals surface area contributed by atoms with Crippen molar-refractivity contribution in [3.63, 3.8) is 0 Å². The van der Waals surface area contributed by atoms with Crippen LogP contribution in [0.15, 0.2) is 47.3 Å². The minimum atomic E-state index is -0.0137. The Bertz CT molecular complexity index is 959. The number of nitrogens with zero attached hydrogens (tertiary/aromatic N) is 2. The van der Waals surface area contributed by atoms with Gasteiger partial charge in [0.05, 0.1) is 22.6 Å². The van der Waals surface area contributed by atoms with Crippen LogP contribution < -0.4 is 10.9 Å². The lowest BCUT2D eigenvalue weighted by atomic mass is 10.1. The predicted octanol–water partition coefficient (Wildman–Crippen LogP) is 4.06. The summed E-state index contributed by atoms with van der Waals surface area (Å²) in [6, 6.07) is 13.7. The molecule has 4 heteroatoms. The molecular weight excluding hydrogens is 310 g/mol. The van der Waals surface area contributed by atoms with Gasteiger partial charge in [-0.1, -0.05) is 32.0 Å². The molecule has 0 radical (unpaired) electrons. The van der Waals surface area contributed by atoms with E-state index in [1.54, 1.807) is 4.57 Å². The molecule has 2 aromatic carbocycles. The van der Waals surface area contributed by atoms with Crippen LogP contribution in [0.4, 0.5) is 0 Å². The Hall–Kier alpha value is -2.46. The van der Waals surface area contributed by atoms with E-state index in [0.717, 1.165) is 30.0 Å². The highest BCUT2D eigenvalue weighted by molar-refractivity contribution is 5.77. The Kier molecular flexibility index (Phi) is 5.00. The molecule has 4 nitrogen and oxygen atoms in total. The van der Waals surface area contributed by atoms with Crippen LogP contribution in [0.3, 0.4) is 0 Å². The molecular formula is C21H25N3O. The van der Waals surface area contributed by atoms with E-state index in [1.165, 1.54) is 11.1 Å². The first kappa shape index (κ1) is 17.4. The van der Waals surface area contributed by atoms with E-state index in [-0.39, 0.29) is 11.6 Å². The van der Waals surface area contributed by atoms with Crippen LogP contribution in [-0.2, 0) is 0 Å². The molecule has 1 aromatic heterocycles. The molecule has 0 spiro atoms.